The molecule has 2 heterocycles. The number of anilines is 1. The number of aryl methyl sites for hydroxylation is 1. The standard InChI is InChI=1S/C8H12N4O2S/c1-5-11-12-8(15-5)10-7(13)6-4-9-2-3-14-6/h6,9H,2-4H2,1H3,(H,10,12,13)/t6-/m1/s1. The van der Waals surface area contributed by atoms with Gasteiger partial charge in [0, 0.05) is 13.1 Å². The highest BCUT2D eigenvalue weighted by Gasteiger charge is 2.22. The summed E-state index contributed by atoms with van der Waals surface area (Å²) >= 11 is 1.35. The van der Waals surface area contributed by atoms with E-state index < -0.39 is 6.10 Å². The lowest BCUT2D eigenvalue weighted by Gasteiger charge is -2.21. The third-order valence-electron chi connectivity index (χ3n) is 1.98. The average Bonchev–Trinajstić information content (AvgIpc) is 2.65. The van der Waals surface area contributed by atoms with E-state index in [9.17, 15) is 4.79 Å². The molecule has 1 saturated heterocycles. The van der Waals surface area contributed by atoms with Crippen LogP contribution >= 0.6 is 11.3 Å². The minimum Gasteiger partial charge on any atom is -0.366 e. The average molecular weight is 228 g/mol. The molecule has 2 N–H and O–H groups in total. The Kier molecular flexibility index (Phi) is 3.24. The lowest BCUT2D eigenvalue weighted by Crippen LogP contribution is -2.45. The smallest absolute Gasteiger partial charge is 0.256 e. The maximum Gasteiger partial charge on any atom is 0.256 e. The van der Waals surface area contributed by atoms with Gasteiger partial charge in [0.1, 0.15) is 11.1 Å². The highest BCUT2D eigenvalue weighted by molar-refractivity contribution is 7.15. The first-order valence-corrected chi connectivity index (χ1v) is 5.50. The Labute approximate surface area is 91.0 Å². The van der Waals surface area contributed by atoms with E-state index in [1.165, 1.54) is 11.3 Å². The first-order chi connectivity index (χ1) is 7.25. The largest absolute Gasteiger partial charge is 0.366 e. The Morgan fingerprint density at radius 3 is 3.13 bits per heavy atom. The molecule has 0 aromatic carbocycles. The van der Waals surface area contributed by atoms with Crippen LogP contribution in [0.2, 0.25) is 0 Å². The third kappa shape index (κ3) is 2.71. The van der Waals surface area contributed by atoms with Crippen LogP contribution in [-0.2, 0) is 9.53 Å². The van der Waals surface area contributed by atoms with Gasteiger partial charge in [-0.05, 0) is 6.92 Å². The molecule has 1 aliphatic heterocycles. The summed E-state index contributed by atoms with van der Waals surface area (Å²) < 4.78 is 5.30. The van der Waals surface area contributed by atoms with E-state index in [1.807, 2.05) is 6.92 Å². The van der Waals surface area contributed by atoms with E-state index in [0.717, 1.165) is 11.6 Å². The lowest BCUT2D eigenvalue weighted by atomic mass is 10.3. The summed E-state index contributed by atoms with van der Waals surface area (Å²) in [7, 11) is 0. The van der Waals surface area contributed by atoms with E-state index >= 15 is 0 Å². The van der Waals surface area contributed by atoms with Crippen molar-refractivity contribution in [1.82, 2.24) is 15.5 Å². The topological polar surface area (TPSA) is 76.1 Å². The van der Waals surface area contributed by atoms with Gasteiger partial charge in [0.05, 0.1) is 6.61 Å². The molecular weight excluding hydrogens is 216 g/mol. The van der Waals surface area contributed by atoms with E-state index in [0.29, 0.717) is 18.3 Å². The van der Waals surface area contributed by atoms with E-state index in [4.69, 9.17) is 4.74 Å². The normalized spacial score (nSPS) is 21.3. The molecule has 1 aliphatic rings. The van der Waals surface area contributed by atoms with Crippen molar-refractivity contribution in [2.45, 2.75) is 13.0 Å². The zero-order chi connectivity index (χ0) is 10.7. The molecule has 2 rings (SSSR count). The highest BCUT2D eigenvalue weighted by atomic mass is 32.1. The number of ether oxygens (including phenoxy) is 1. The molecule has 0 saturated carbocycles. The summed E-state index contributed by atoms with van der Waals surface area (Å²) in [6, 6.07) is 0. The highest BCUT2D eigenvalue weighted by Crippen LogP contribution is 2.14. The molecule has 7 heteroatoms. The number of carbonyl (C=O) groups is 1. The fraction of sp³-hybridized carbons (Fsp3) is 0.625. The maximum atomic E-state index is 11.6. The van der Waals surface area contributed by atoms with E-state index in [-0.39, 0.29) is 5.91 Å². The summed E-state index contributed by atoms with van der Waals surface area (Å²) in [6.07, 6.45) is -0.428. The van der Waals surface area contributed by atoms with Gasteiger partial charge >= 0.3 is 0 Å². The van der Waals surface area contributed by atoms with Crippen LogP contribution in [0.15, 0.2) is 0 Å². The Bertz CT molecular complexity index is 348. The number of rotatable bonds is 2. The van der Waals surface area contributed by atoms with Crippen molar-refractivity contribution >= 4 is 22.4 Å². The second kappa shape index (κ2) is 4.65. The van der Waals surface area contributed by atoms with Gasteiger partial charge in [0.15, 0.2) is 0 Å². The van der Waals surface area contributed by atoms with Gasteiger partial charge in [-0.2, -0.15) is 0 Å². The van der Waals surface area contributed by atoms with Gasteiger partial charge in [0.25, 0.3) is 5.91 Å². The van der Waals surface area contributed by atoms with Crippen molar-refractivity contribution in [1.29, 1.82) is 0 Å². The van der Waals surface area contributed by atoms with Crippen LogP contribution in [0.3, 0.4) is 0 Å². The number of carbonyl (C=O) groups excluding carboxylic acids is 1. The van der Waals surface area contributed by atoms with E-state index in [2.05, 4.69) is 20.8 Å². The SMILES string of the molecule is Cc1nnc(NC(=O)[C@H]2CNCCO2)s1. The Hall–Kier alpha value is -1.05. The Morgan fingerprint density at radius 2 is 2.53 bits per heavy atom. The molecule has 0 aliphatic carbocycles. The fourth-order valence-corrected chi connectivity index (χ4v) is 1.86. The molecule has 0 spiro atoms. The predicted molar refractivity (Wildman–Crippen MR) is 55.9 cm³/mol. The second-order valence-corrected chi connectivity index (χ2v) is 4.36. The second-order valence-electron chi connectivity index (χ2n) is 3.18. The van der Waals surface area contributed by atoms with Crippen molar-refractivity contribution in [3.8, 4) is 0 Å². The number of morpholine rings is 1. The van der Waals surface area contributed by atoms with Gasteiger partial charge in [-0.25, -0.2) is 0 Å². The minimum absolute atomic E-state index is 0.168. The van der Waals surface area contributed by atoms with E-state index in [1.54, 1.807) is 0 Å². The van der Waals surface area contributed by atoms with Gasteiger partial charge < -0.3 is 10.1 Å². The number of aromatic nitrogens is 2. The Balaban J connectivity index is 1.91. The molecule has 1 atom stereocenters. The minimum atomic E-state index is -0.428. The van der Waals surface area contributed by atoms with Gasteiger partial charge in [-0.3, -0.25) is 10.1 Å². The van der Waals surface area contributed by atoms with Crippen LogP contribution in [0.4, 0.5) is 5.13 Å². The number of nitrogens with zero attached hydrogens (tertiary/aromatic N) is 2. The molecule has 1 aromatic rings. The van der Waals surface area contributed by atoms with Gasteiger partial charge in [-0.15, -0.1) is 10.2 Å². The molecule has 15 heavy (non-hydrogen) atoms. The molecule has 1 amide bonds. The van der Waals surface area contributed by atoms with Crippen LogP contribution in [0.5, 0.6) is 0 Å². The number of hydrogen-bond donors (Lipinski definition) is 2. The van der Waals surface area contributed by atoms with Crippen molar-refractivity contribution in [2.75, 3.05) is 25.0 Å². The van der Waals surface area contributed by atoms with Crippen LogP contribution in [-0.4, -0.2) is 41.9 Å². The lowest BCUT2D eigenvalue weighted by molar-refractivity contribution is -0.128. The third-order valence-corrected chi connectivity index (χ3v) is 2.73. The number of hydrogen-bond acceptors (Lipinski definition) is 6. The summed E-state index contributed by atoms with van der Waals surface area (Å²) in [4.78, 5) is 11.6. The zero-order valence-corrected chi connectivity index (χ0v) is 9.13. The summed E-state index contributed by atoms with van der Waals surface area (Å²) in [6.45, 7) is 3.74. The molecule has 82 valence electrons. The summed E-state index contributed by atoms with van der Waals surface area (Å²) in [5.41, 5.74) is 0. The first-order valence-electron chi connectivity index (χ1n) is 4.69. The summed E-state index contributed by atoms with van der Waals surface area (Å²) in [5.74, 6) is -0.168. The predicted octanol–water partition coefficient (Wildman–Crippen LogP) is -0.227. The van der Waals surface area contributed by atoms with Crippen LogP contribution < -0.4 is 10.6 Å². The number of amides is 1. The zero-order valence-electron chi connectivity index (χ0n) is 8.32. The Morgan fingerprint density at radius 1 is 1.67 bits per heavy atom. The summed E-state index contributed by atoms with van der Waals surface area (Å²) in [5, 5.41) is 14.7. The molecular formula is C8H12N4O2S. The monoisotopic (exact) mass is 228 g/mol. The fourth-order valence-electron chi connectivity index (χ4n) is 1.27. The molecule has 0 unspecified atom stereocenters. The van der Waals surface area contributed by atoms with Crippen LogP contribution in [0.25, 0.3) is 0 Å². The van der Waals surface area contributed by atoms with Gasteiger partial charge in [-0.1, -0.05) is 11.3 Å². The van der Waals surface area contributed by atoms with Crippen molar-refractivity contribution in [2.24, 2.45) is 0 Å². The van der Waals surface area contributed by atoms with Crippen molar-refractivity contribution in [3.63, 3.8) is 0 Å². The van der Waals surface area contributed by atoms with Gasteiger partial charge in [0.2, 0.25) is 5.13 Å². The molecule has 6 nitrogen and oxygen atoms in total. The quantitative estimate of drug-likeness (QED) is 0.731. The number of nitrogens with one attached hydrogen (secondary N) is 2. The molecule has 0 bridgehead atoms. The van der Waals surface area contributed by atoms with Crippen LogP contribution in [0, 0.1) is 6.92 Å². The van der Waals surface area contributed by atoms with Crippen LogP contribution in [0.1, 0.15) is 5.01 Å². The van der Waals surface area contributed by atoms with Crippen molar-refractivity contribution in [3.05, 3.63) is 5.01 Å². The molecule has 0 radical (unpaired) electrons. The maximum absolute atomic E-state index is 11.6. The van der Waals surface area contributed by atoms with Crippen molar-refractivity contribution < 1.29 is 9.53 Å². The first kappa shape index (κ1) is 10.5. The molecule has 1 fully saturated rings. The molecule has 1 aromatic heterocycles.